The summed E-state index contributed by atoms with van der Waals surface area (Å²) in [6, 6.07) is 0. The van der Waals surface area contributed by atoms with Gasteiger partial charge in [-0.1, -0.05) is 38.5 Å². The molecule has 0 radical (unpaired) electrons. The first-order valence-electron chi connectivity index (χ1n) is 7.58. The molecule has 106 valence electrons. The number of carbonyl (C=O) groups is 1. The lowest BCUT2D eigenvalue weighted by molar-refractivity contribution is -0.119. The number of Topliss-reactive ketones (excluding diaryl/α,β-unsaturated/α-hetero) is 1. The largest absolute Gasteiger partial charge is 0.390 e. The number of hydrogen-bond donors (Lipinski definition) is 2. The van der Waals surface area contributed by atoms with Gasteiger partial charge in [-0.15, -0.1) is 0 Å². The molecule has 18 heavy (non-hydrogen) atoms. The molecule has 3 nitrogen and oxygen atoms in total. The maximum Gasteiger partial charge on any atom is 0.132 e. The molecular formula is C15H28O3. The first-order valence-corrected chi connectivity index (χ1v) is 7.58. The van der Waals surface area contributed by atoms with Crippen molar-refractivity contribution in [2.45, 2.75) is 89.3 Å². The fourth-order valence-electron chi connectivity index (χ4n) is 2.57. The molecule has 1 saturated carbocycles. The molecule has 1 aliphatic carbocycles. The van der Waals surface area contributed by atoms with E-state index in [4.69, 9.17) is 0 Å². The molecule has 2 N–H and O–H groups in total. The maximum absolute atomic E-state index is 11.5. The van der Waals surface area contributed by atoms with E-state index in [1.807, 2.05) is 0 Å². The van der Waals surface area contributed by atoms with Crippen LogP contribution in [-0.4, -0.2) is 28.2 Å². The van der Waals surface area contributed by atoms with Crippen LogP contribution in [0, 0.1) is 0 Å². The predicted molar refractivity (Wildman–Crippen MR) is 72.4 cm³/mol. The monoisotopic (exact) mass is 256 g/mol. The van der Waals surface area contributed by atoms with Gasteiger partial charge in [0.05, 0.1) is 12.2 Å². The Balaban J connectivity index is 2.30. The molecule has 0 aromatic rings. The van der Waals surface area contributed by atoms with Gasteiger partial charge in [-0.3, -0.25) is 4.79 Å². The van der Waals surface area contributed by atoms with Crippen LogP contribution in [0.15, 0.2) is 0 Å². The third kappa shape index (κ3) is 7.12. The van der Waals surface area contributed by atoms with Crippen molar-refractivity contribution in [2.24, 2.45) is 0 Å². The number of rotatable bonds is 0. The lowest BCUT2D eigenvalue weighted by Gasteiger charge is -2.17. The van der Waals surface area contributed by atoms with E-state index >= 15 is 0 Å². The molecule has 1 rings (SSSR count). The molecule has 0 aromatic heterocycles. The van der Waals surface area contributed by atoms with Crippen molar-refractivity contribution in [1.29, 1.82) is 0 Å². The van der Waals surface area contributed by atoms with Crippen molar-refractivity contribution in [2.75, 3.05) is 0 Å². The second kappa shape index (κ2) is 9.51. The van der Waals surface area contributed by atoms with E-state index in [9.17, 15) is 15.0 Å². The molecule has 3 heteroatoms. The molecule has 2 atom stereocenters. The third-order valence-corrected chi connectivity index (χ3v) is 3.86. The van der Waals surface area contributed by atoms with Crippen LogP contribution in [0.4, 0.5) is 0 Å². The first kappa shape index (κ1) is 15.6. The normalized spacial score (nSPS) is 30.4. The van der Waals surface area contributed by atoms with Crippen LogP contribution in [0.2, 0.25) is 0 Å². The van der Waals surface area contributed by atoms with E-state index in [0.717, 1.165) is 64.2 Å². The Kier molecular flexibility index (Phi) is 8.27. The number of aliphatic hydroxyl groups excluding tert-OH is 2. The number of hydrogen-bond acceptors (Lipinski definition) is 3. The second-order valence-electron chi connectivity index (χ2n) is 5.58. The zero-order valence-corrected chi connectivity index (χ0v) is 11.4. The summed E-state index contributed by atoms with van der Waals surface area (Å²) in [6.45, 7) is 0. The predicted octanol–water partition coefficient (Wildman–Crippen LogP) is 2.97. The van der Waals surface area contributed by atoms with E-state index in [1.54, 1.807) is 0 Å². The lowest BCUT2D eigenvalue weighted by Crippen LogP contribution is -2.25. The van der Waals surface area contributed by atoms with Gasteiger partial charge in [-0.2, -0.15) is 0 Å². The van der Waals surface area contributed by atoms with Gasteiger partial charge in [0, 0.05) is 12.8 Å². The topological polar surface area (TPSA) is 57.5 Å². The van der Waals surface area contributed by atoms with Gasteiger partial charge in [0.2, 0.25) is 0 Å². The van der Waals surface area contributed by atoms with E-state index in [2.05, 4.69) is 0 Å². The van der Waals surface area contributed by atoms with Crippen molar-refractivity contribution < 1.29 is 15.0 Å². The molecule has 1 fully saturated rings. The Hall–Kier alpha value is -0.410. The molecule has 0 heterocycles. The highest BCUT2D eigenvalue weighted by Crippen LogP contribution is 2.16. The Bertz CT molecular complexity index is 206. The van der Waals surface area contributed by atoms with Crippen LogP contribution in [0.25, 0.3) is 0 Å². The van der Waals surface area contributed by atoms with Gasteiger partial charge in [0.25, 0.3) is 0 Å². The highest BCUT2D eigenvalue weighted by molar-refractivity contribution is 5.78. The highest BCUT2D eigenvalue weighted by Gasteiger charge is 2.15. The average Bonchev–Trinajstić information content (AvgIpc) is 2.36. The van der Waals surface area contributed by atoms with Gasteiger partial charge in [0.15, 0.2) is 0 Å². The second-order valence-corrected chi connectivity index (χ2v) is 5.58. The molecule has 0 spiro atoms. The number of ketones is 1. The summed E-state index contributed by atoms with van der Waals surface area (Å²) in [4.78, 5) is 11.5. The van der Waals surface area contributed by atoms with Gasteiger partial charge in [0.1, 0.15) is 5.78 Å². The van der Waals surface area contributed by atoms with Crippen molar-refractivity contribution >= 4 is 5.78 Å². The Morgan fingerprint density at radius 3 is 1.50 bits per heavy atom. The lowest BCUT2D eigenvalue weighted by atomic mass is 10.0. The molecular weight excluding hydrogens is 228 g/mol. The molecule has 0 amide bonds. The fourth-order valence-corrected chi connectivity index (χ4v) is 2.57. The van der Waals surface area contributed by atoms with Gasteiger partial charge < -0.3 is 10.2 Å². The van der Waals surface area contributed by atoms with Crippen LogP contribution < -0.4 is 0 Å². The number of carbonyl (C=O) groups excluding carboxylic acids is 1. The Morgan fingerprint density at radius 2 is 1.06 bits per heavy atom. The molecule has 0 aliphatic heterocycles. The highest BCUT2D eigenvalue weighted by atomic mass is 16.3. The van der Waals surface area contributed by atoms with Crippen LogP contribution >= 0.6 is 0 Å². The maximum atomic E-state index is 11.5. The van der Waals surface area contributed by atoms with E-state index in [-0.39, 0.29) is 0 Å². The smallest absolute Gasteiger partial charge is 0.132 e. The van der Waals surface area contributed by atoms with E-state index in [0.29, 0.717) is 18.6 Å². The quantitative estimate of drug-likeness (QED) is 0.700. The van der Waals surface area contributed by atoms with Crippen LogP contribution in [0.5, 0.6) is 0 Å². The van der Waals surface area contributed by atoms with E-state index in [1.165, 1.54) is 0 Å². The Morgan fingerprint density at radius 1 is 0.667 bits per heavy atom. The van der Waals surface area contributed by atoms with Crippen LogP contribution in [0.3, 0.4) is 0 Å². The van der Waals surface area contributed by atoms with Crippen molar-refractivity contribution in [1.82, 2.24) is 0 Å². The molecule has 0 bridgehead atoms. The van der Waals surface area contributed by atoms with Gasteiger partial charge >= 0.3 is 0 Å². The first-order chi connectivity index (χ1) is 8.70. The minimum atomic E-state index is -0.559. The molecule has 1 aliphatic rings. The summed E-state index contributed by atoms with van der Waals surface area (Å²) >= 11 is 0. The van der Waals surface area contributed by atoms with Gasteiger partial charge in [-0.05, 0) is 25.7 Å². The molecule has 0 aromatic carbocycles. The summed E-state index contributed by atoms with van der Waals surface area (Å²) in [5.74, 6) is 0.407. The SMILES string of the molecule is O=C1CCCCCCC(O)C(O)CCCCCC1. The zero-order valence-electron chi connectivity index (χ0n) is 11.4. The van der Waals surface area contributed by atoms with Gasteiger partial charge in [-0.25, -0.2) is 0 Å². The van der Waals surface area contributed by atoms with Crippen molar-refractivity contribution in [3.8, 4) is 0 Å². The summed E-state index contributed by atoms with van der Waals surface area (Å²) in [5, 5.41) is 19.6. The van der Waals surface area contributed by atoms with Crippen LogP contribution in [0.1, 0.15) is 77.0 Å². The minimum absolute atomic E-state index is 0.407. The van der Waals surface area contributed by atoms with Crippen molar-refractivity contribution in [3.63, 3.8) is 0 Å². The van der Waals surface area contributed by atoms with Crippen LogP contribution in [-0.2, 0) is 4.79 Å². The summed E-state index contributed by atoms with van der Waals surface area (Å²) < 4.78 is 0. The average molecular weight is 256 g/mol. The zero-order chi connectivity index (χ0) is 13.2. The Labute approximate surface area is 111 Å². The summed E-state index contributed by atoms with van der Waals surface area (Å²) in [6.07, 6.45) is 9.82. The van der Waals surface area contributed by atoms with Crippen molar-refractivity contribution in [3.05, 3.63) is 0 Å². The molecule has 2 unspecified atom stereocenters. The standard InChI is InChI=1S/C15H28O3/c16-13-9-5-1-3-7-11-14(17)15(18)12-8-4-2-6-10-13/h14-15,17-18H,1-12H2. The third-order valence-electron chi connectivity index (χ3n) is 3.86. The minimum Gasteiger partial charge on any atom is -0.390 e. The number of aliphatic hydroxyl groups is 2. The summed E-state index contributed by atoms with van der Waals surface area (Å²) in [5.41, 5.74) is 0. The fraction of sp³-hybridized carbons (Fsp3) is 0.933. The van der Waals surface area contributed by atoms with E-state index < -0.39 is 12.2 Å². The molecule has 0 saturated heterocycles. The summed E-state index contributed by atoms with van der Waals surface area (Å²) in [7, 11) is 0.